The van der Waals surface area contributed by atoms with Crippen molar-refractivity contribution in [3.05, 3.63) is 0 Å². The maximum absolute atomic E-state index is 8.91. The Morgan fingerprint density at radius 3 is 2.31 bits per heavy atom. The Hall–Kier alpha value is -0.200. The van der Waals surface area contributed by atoms with Gasteiger partial charge >= 0.3 is 0 Å². The minimum atomic E-state index is -0.381. The molecule has 0 bridgehead atoms. The molecule has 0 saturated carbocycles. The zero-order chi connectivity index (χ0) is 10.5. The highest BCUT2D eigenvalue weighted by Gasteiger charge is 2.22. The van der Waals surface area contributed by atoms with E-state index in [1.165, 1.54) is 0 Å². The van der Waals surface area contributed by atoms with Crippen molar-refractivity contribution in [1.29, 1.82) is 5.26 Å². The number of rotatable bonds is 5. The maximum atomic E-state index is 8.91. The third kappa shape index (κ3) is 4.54. The average molecular weight is 200 g/mol. The van der Waals surface area contributed by atoms with E-state index < -0.39 is 0 Å². The van der Waals surface area contributed by atoms with Crippen molar-refractivity contribution in [2.75, 3.05) is 12.8 Å². The minimum absolute atomic E-state index is 0.381. The van der Waals surface area contributed by atoms with E-state index in [0.717, 1.165) is 5.75 Å². The third-order valence-corrected chi connectivity index (χ3v) is 4.19. The van der Waals surface area contributed by atoms with Crippen molar-refractivity contribution in [2.45, 2.75) is 38.5 Å². The Morgan fingerprint density at radius 1 is 1.46 bits per heavy atom. The van der Waals surface area contributed by atoms with E-state index in [2.05, 4.69) is 32.2 Å². The molecule has 0 rings (SSSR count). The van der Waals surface area contributed by atoms with Crippen LogP contribution in [-0.2, 0) is 0 Å². The summed E-state index contributed by atoms with van der Waals surface area (Å²) in [5.41, 5.74) is -0.381. The zero-order valence-corrected chi connectivity index (χ0v) is 10.0. The predicted molar refractivity (Wildman–Crippen MR) is 59.8 cm³/mol. The van der Waals surface area contributed by atoms with Gasteiger partial charge in [0.15, 0.2) is 0 Å². The molecule has 0 aliphatic heterocycles. The molecule has 0 radical (unpaired) electrons. The van der Waals surface area contributed by atoms with E-state index in [-0.39, 0.29) is 5.54 Å². The van der Waals surface area contributed by atoms with E-state index in [4.69, 9.17) is 5.26 Å². The van der Waals surface area contributed by atoms with Gasteiger partial charge in [-0.15, -0.1) is 0 Å². The molecule has 0 aromatic heterocycles. The van der Waals surface area contributed by atoms with Crippen molar-refractivity contribution < 1.29 is 0 Å². The zero-order valence-electron chi connectivity index (χ0n) is 9.22. The summed E-state index contributed by atoms with van der Waals surface area (Å²) in [5.74, 6) is 1.52. The summed E-state index contributed by atoms with van der Waals surface area (Å²) < 4.78 is 0. The van der Waals surface area contributed by atoms with Crippen molar-refractivity contribution in [3.8, 4) is 6.07 Å². The first kappa shape index (κ1) is 12.8. The molecule has 2 unspecified atom stereocenters. The lowest BCUT2D eigenvalue weighted by Crippen LogP contribution is -2.41. The molecule has 0 spiro atoms. The first-order valence-electron chi connectivity index (χ1n) is 4.67. The number of hydrogen-bond donors (Lipinski definition) is 1. The molecule has 0 fully saturated rings. The Labute approximate surface area is 86.1 Å². The summed E-state index contributed by atoms with van der Waals surface area (Å²) in [7, 11) is 1.84. The van der Waals surface area contributed by atoms with Gasteiger partial charge in [-0.05, 0) is 19.9 Å². The molecule has 13 heavy (non-hydrogen) atoms. The highest BCUT2D eigenvalue weighted by atomic mass is 32.2. The lowest BCUT2D eigenvalue weighted by Gasteiger charge is -2.23. The Bertz CT molecular complexity index is 186. The van der Waals surface area contributed by atoms with Crippen LogP contribution < -0.4 is 5.32 Å². The Balaban J connectivity index is 3.94. The maximum Gasteiger partial charge on any atom is 0.112 e. The first-order chi connectivity index (χ1) is 5.95. The SMILES string of the molecule is CNC(C)(C#N)CSC(C)C(C)C. The summed E-state index contributed by atoms with van der Waals surface area (Å²) in [5, 5.41) is 12.6. The largest absolute Gasteiger partial charge is 0.302 e. The fraction of sp³-hybridized carbons (Fsp3) is 0.900. The van der Waals surface area contributed by atoms with Gasteiger partial charge < -0.3 is 5.32 Å². The summed E-state index contributed by atoms with van der Waals surface area (Å²) >= 11 is 1.86. The number of nitrogens with zero attached hydrogens (tertiary/aromatic N) is 1. The highest BCUT2D eigenvalue weighted by molar-refractivity contribution is 7.99. The van der Waals surface area contributed by atoms with Gasteiger partial charge in [-0.3, -0.25) is 0 Å². The highest BCUT2D eigenvalue weighted by Crippen LogP contribution is 2.22. The molecule has 0 amide bonds. The molecule has 0 aliphatic rings. The molecule has 0 aromatic carbocycles. The van der Waals surface area contributed by atoms with Crippen LogP contribution in [0.3, 0.4) is 0 Å². The van der Waals surface area contributed by atoms with Crippen LogP contribution in [0.15, 0.2) is 0 Å². The van der Waals surface area contributed by atoms with Gasteiger partial charge in [0.2, 0.25) is 0 Å². The quantitative estimate of drug-likeness (QED) is 0.739. The minimum Gasteiger partial charge on any atom is -0.302 e. The molecule has 3 heteroatoms. The van der Waals surface area contributed by atoms with Gasteiger partial charge in [0, 0.05) is 11.0 Å². The second-order valence-corrected chi connectivity index (χ2v) is 5.32. The summed E-state index contributed by atoms with van der Waals surface area (Å²) in [4.78, 5) is 0. The molecule has 0 aliphatic carbocycles. The van der Waals surface area contributed by atoms with Gasteiger partial charge in [-0.1, -0.05) is 20.8 Å². The van der Waals surface area contributed by atoms with E-state index in [9.17, 15) is 0 Å². The van der Waals surface area contributed by atoms with Crippen LogP contribution in [0, 0.1) is 17.2 Å². The second-order valence-electron chi connectivity index (χ2n) is 3.95. The van der Waals surface area contributed by atoms with Crippen molar-refractivity contribution in [3.63, 3.8) is 0 Å². The molecule has 2 atom stereocenters. The topological polar surface area (TPSA) is 35.8 Å². The van der Waals surface area contributed by atoms with Crippen LogP contribution in [0.4, 0.5) is 0 Å². The normalized spacial score (nSPS) is 17.9. The van der Waals surface area contributed by atoms with Crippen LogP contribution in [0.1, 0.15) is 27.7 Å². The van der Waals surface area contributed by atoms with Crippen LogP contribution in [0.5, 0.6) is 0 Å². The van der Waals surface area contributed by atoms with Gasteiger partial charge in [-0.25, -0.2) is 0 Å². The fourth-order valence-electron chi connectivity index (χ4n) is 0.651. The molecule has 1 N–H and O–H groups in total. The van der Waals surface area contributed by atoms with Crippen molar-refractivity contribution in [2.24, 2.45) is 5.92 Å². The Morgan fingerprint density at radius 2 is 2.00 bits per heavy atom. The van der Waals surface area contributed by atoms with E-state index in [1.54, 1.807) is 0 Å². The van der Waals surface area contributed by atoms with Crippen molar-refractivity contribution in [1.82, 2.24) is 5.32 Å². The smallest absolute Gasteiger partial charge is 0.112 e. The summed E-state index contributed by atoms with van der Waals surface area (Å²) in [6.07, 6.45) is 0. The third-order valence-electron chi connectivity index (χ3n) is 2.37. The number of thioether (sulfide) groups is 1. The fourth-order valence-corrected chi connectivity index (χ4v) is 1.84. The van der Waals surface area contributed by atoms with E-state index in [1.807, 2.05) is 25.7 Å². The van der Waals surface area contributed by atoms with Crippen molar-refractivity contribution >= 4 is 11.8 Å². The molecular formula is C10H20N2S. The first-order valence-corrected chi connectivity index (χ1v) is 5.72. The number of hydrogen-bond acceptors (Lipinski definition) is 3. The summed E-state index contributed by atoms with van der Waals surface area (Å²) in [6.45, 7) is 8.57. The molecule has 0 aromatic rings. The van der Waals surface area contributed by atoms with E-state index in [0.29, 0.717) is 11.2 Å². The Kier molecular flexibility index (Phi) is 5.43. The van der Waals surface area contributed by atoms with Gasteiger partial charge in [0.25, 0.3) is 0 Å². The number of nitriles is 1. The van der Waals surface area contributed by atoms with Gasteiger partial charge in [-0.2, -0.15) is 17.0 Å². The van der Waals surface area contributed by atoms with Gasteiger partial charge in [0.1, 0.15) is 5.54 Å². The van der Waals surface area contributed by atoms with Gasteiger partial charge in [0.05, 0.1) is 6.07 Å². The lowest BCUT2D eigenvalue weighted by molar-refractivity contribution is 0.547. The molecule has 76 valence electrons. The van der Waals surface area contributed by atoms with Crippen LogP contribution >= 0.6 is 11.8 Å². The number of nitrogens with one attached hydrogen (secondary N) is 1. The van der Waals surface area contributed by atoms with E-state index >= 15 is 0 Å². The average Bonchev–Trinajstić information content (AvgIpc) is 2.13. The lowest BCUT2D eigenvalue weighted by atomic mass is 10.1. The van der Waals surface area contributed by atoms with Crippen LogP contribution in [-0.4, -0.2) is 23.6 Å². The molecule has 0 heterocycles. The molecular weight excluding hydrogens is 180 g/mol. The second kappa shape index (κ2) is 5.51. The monoisotopic (exact) mass is 200 g/mol. The van der Waals surface area contributed by atoms with Crippen LogP contribution in [0.25, 0.3) is 0 Å². The molecule has 0 saturated heterocycles. The standard InChI is InChI=1S/C10H20N2S/c1-8(2)9(3)13-7-10(4,6-11)12-5/h8-9,12H,7H2,1-5H3. The molecule has 2 nitrogen and oxygen atoms in total. The summed E-state index contributed by atoms with van der Waals surface area (Å²) in [6, 6.07) is 2.29. The predicted octanol–water partition coefficient (Wildman–Crippen LogP) is 2.27. The van der Waals surface area contributed by atoms with Crippen LogP contribution in [0.2, 0.25) is 0 Å².